The van der Waals surface area contributed by atoms with Crippen LogP contribution >= 0.6 is 0 Å². The quantitative estimate of drug-likeness (QED) is 0.868. The summed E-state index contributed by atoms with van der Waals surface area (Å²) >= 11 is 0. The van der Waals surface area contributed by atoms with E-state index in [1.165, 1.54) is 5.56 Å². The second-order valence-electron chi connectivity index (χ2n) is 5.98. The first kappa shape index (κ1) is 13.6. The molecule has 0 saturated carbocycles. The lowest BCUT2D eigenvalue weighted by molar-refractivity contribution is -0.125. The van der Waals surface area contributed by atoms with Crippen LogP contribution in [0.15, 0.2) is 30.3 Å². The molecule has 4 heteroatoms. The lowest BCUT2D eigenvalue weighted by atomic mass is 9.76. The average Bonchev–Trinajstić information content (AvgIpc) is 2.78. The highest BCUT2D eigenvalue weighted by atomic mass is 16.3. The molecule has 2 fully saturated rings. The minimum absolute atomic E-state index is 0.147. The normalized spacial score (nSPS) is 30.6. The van der Waals surface area contributed by atoms with Crippen molar-refractivity contribution >= 4 is 5.91 Å². The topological polar surface area (TPSA) is 52.6 Å². The third-order valence-electron chi connectivity index (χ3n) is 4.65. The van der Waals surface area contributed by atoms with Crippen LogP contribution in [-0.2, 0) is 4.79 Å². The number of hydrogen-bond acceptors (Lipinski definition) is 3. The average molecular weight is 274 g/mol. The van der Waals surface area contributed by atoms with Crippen LogP contribution in [0.1, 0.15) is 30.7 Å². The van der Waals surface area contributed by atoms with Crippen LogP contribution in [-0.4, -0.2) is 47.7 Å². The van der Waals surface area contributed by atoms with Gasteiger partial charge >= 0.3 is 0 Å². The second-order valence-corrected chi connectivity index (χ2v) is 5.98. The number of rotatable bonds is 3. The van der Waals surface area contributed by atoms with Crippen molar-refractivity contribution in [1.82, 2.24) is 10.2 Å². The number of carbonyl (C=O) groups is 1. The molecule has 1 aromatic carbocycles. The molecule has 4 nitrogen and oxygen atoms in total. The number of hydrogen-bond donors (Lipinski definition) is 2. The van der Waals surface area contributed by atoms with Crippen LogP contribution in [0.2, 0.25) is 0 Å². The van der Waals surface area contributed by atoms with E-state index in [2.05, 4.69) is 34.5 Å². The highest BCUT2D eigenvalue weighted by Crippen LogP contribution is 2.40. The Balaban J connectivity index is 1.90. The number of nitrogens with one attached hydrogen (secondary N) is 1. The summed E-state index contributed by atoms with van der Waals surface area (Å²) in [5.74, 6) is 0.488. The molecule has 0 aliphatic carbocycles. The molecule has 0 unspecified atom stereocenters. The van der Waals surface area contributed by atoms with Gasteiger partial charge in [0.15, 0.2) is 0 Å². The summed E-state index contributed by atoms with van der Waals surface area (Å²) < 4.78 is 0. The van der Waals surface area contributed by atoms with Crippen molar-refractivity contribution in [2.45, 2.75) is 30.7 Å². The van der Waals surface area contributed by atoms with Crippen LogP contribution < -0.4 is 5.32 Å². The first-order valence-corrected chi connectivity index (χ1v) is 7.43. The summed E-state index contributed by atoms with van der Waals surface area (Å²) in [5.41, 5.74) is 1.14. The number of aliphatic hydroxyl groups is 1. The Hall–Kier alpha value is -1.39. The SMILES string of the molecule is O=C1CCC[C@]2(CN(CCO)C[C@H]2c2ccccc2)N1. The molecule has 0 bridgehead atoms. The van der Waals surface area contributed by atoms with Crippen molar-refractivity contribution in [2.24, 2.45) is 0 Å². The van der Waals surface area contributed by atoms with Gasteiger partial charge in [0, 0.05) is 32.0 Å². The van der Waals surface area contributed by atoms with E-state index >= 15 is 0 Å². The summed E-state index contributed by atoms with van der Waals surface area (Å²) in [6, 6.07) is 10.4. The molecule has 2 saturated heterocycles. The first-order valence-electron chi connectivity index (χ1n) is 7.43. The van der Waals surface area contributed by atoms with Crippen LogP contribution in [0.25, 0.3) is 0 Å². The molecule has 3 rings (SSSR count). The van der Waals surface area contributed by atoms with Gasteiger partial charge in [0.25, 0.3) is 0 Å². The molecule has 2 N–H and O–H groups in total. The van der Waals surface area contributed by atoms with E-state index in [4.69, 9.17) is 0 Å². The van der Waals surface area contributed by atoms with E-state index in [0.717, 1.165) is 25.9 Å². The van der Waals surface area contributed by atoms with Crippen LogP contribution in [0.5, 0.6) is 0 Å². The number of aliphatic hydroxyl groups excluding tert-OH is 1. The van der Waals surface area contributed by atoms with Gasteiger partial charge in [0.05, 0.1) is 12.1 Å². The lowest BCUT2D eigenvalue weighted by Crippen LogP contribution is -2.56. The Morgan fingerprint density at radius 1 is 1.35 bits per heavy atom. The summed E-state index contributed by atoms with van der Waals surface area (Å²) in [6.07, 6.45) is 2.63. The molecule has 1 aromatic rings. The van der Waals surface area contributed by atoms with Gasteiger partial charge in [-0.05, 0) is 18.4 Å². The summed E-state index contributed by atoms with van der Waals surface area (Å²) in [7, 11) is 0. The predicted molar refractivity (Wildman–Crippen MR) is 77.4 cm³/mol. The fourth-order valence-electron chi connectivity index (χ4n) is 3.78. The zero-order valence-corrected chi connectivity index (χ0v) is 11.7. The molecule has 2 heterocycles. The van der Waals surface area contributed by atoms with E-state index in [0.29, 0.717) is 18.9 Å². The zero-order valence-electron chi connectivity index (χ0n) is 11.7. The van der Waals surface area contributed by atoms with Gasteiger partial charge in [-0.2, -0.15) is 0 Å². The molecule has 108 valence electrons. The highest BCUT2D eigenvalue weighted by Gasteiger charge is 2.48. The minimum Gasteiger partial charge on any atom is -0.395 e. The van der Waals surface area contributed by atoms with Crippen LogP contribution in [0, 0.1) is 0 Å². The van der Waals surface area contributed by atoms with Crippen molar-refractivity contribution in [1.29, 1.82) is 0 Å². The monoisotopic (exact) mass is 274 g/mol. The van der Waals surface area contributed by atoms with Gasteiger partial charge in [-0.15, -0.1) is 0 Å². The number of benzene rings is 1. The lowest BCUT2D eigenvalue weighted by Gasteiger charge is -2.39. The Kier molecular flexibility index (Phi) is 3.76. The number of carbonyl (C=O) groups excluding carboxylic acids is 1. The van der Waals surface area contributed by atoms with Crippen LogP contribution in [0.3, 0.4) is 0 Å². The van der Waals surface area contributed by atoms with Crippen molar-refractivity contribution in [3.8, 4) is 0 Å². The maximum atomic E-state index is 11.9. The van der Waals surface area contributed by atoms with E-state index in [9.17, 15) is 9.90 Å². The third kappa shape index (κ3) is 2.45. The van der Waals surface area contributed by atoms with Crippen molar-refractivity contribution in [3.63, 3.8) is 0 Å². The number of piperidine rings is 1. The van der Waals surface area contributed by atoms with Gasteiger partial charge in [-0.25, -0.2) is 0 Å². The zero-order chi connectivity index (χ0) is 14.0. The molecule has 2 aliphatic heterocycles. The smallest absolute Gasteiger partial charge is 0.220 e. The molecule has 0 aromatic heterocycles. The largest absolute Gasteiger partial charge is 0.395 e. The maximum Gasteiger partial charge on any atom is 0.220 e. The highest BCUT2D eigenvalue weighted by molar-refractivity contribution is 5.78. The molecule has 20 heavy (non-hydrogen) atoms. The standard InChI is InChI=1S/C16H22N2O2/c19-10-9-18-11-14(13-5-2-1-3-6-13)16(12-18)8-4-7-15(20)17-16/h1-3,5-6,14,19H,4,7-12H2,(H,17,20)/t14-,16+/m0/s1. The molecule has 1 spiro atoms. The maximum absolute atomic E-state index is 11.9. The number of likely N-dealkylation sites (tertiary alicyclic amines) is 1. The molecular formula is C16H22N2O2. The van der Waals surface area contributed by atoms with Gasteiger partial charge in [0.1, 0.15) is 0 Å². The minimum atomic E-state index is -0.147. The Morgan fingerprint density at radius 2 is 2.15 bits per heavy atom. The fourth-order valence-corrected chi connectivity index (χ4v) is 3.78. The Labute approximate surface area is 119 Å². The summed E-state index contributed by atoms with van der Waals surface area (Å²) in [4.78, 5) is 14.2. The summed E-state index contributed by atoms with van der Waals surface area (Å²) in [6.45, 7) is 2.61. The van der Waals surface area contributed by atoms with Gasteiger partial charge < -0.3 is 10.4 Å². The molecule has 2 aliphatic rings. The predicted octanol–water partition coefficient (Wildman–Crippen LogP) is 1.12. The van der Waals surface area contributed by atoms with Gasteiger partial charge in [0.2, 0.25) is 5.91 Å². The summed E-state index contributed by atoms with van der Waals surface area (Å²) in [5, 5.41) is 12.5. The number of β-amino-alcohol motifs (C(OH)–C–C–N with tert-alkyl or cyclic N) is 1. The molecule has 2 atom stereocenters. The third-order valence-corrected chi connectivity index (χ3v) is 4.65. The van der Waals surface area contributed by atoms with Gasteiger partial charge in [-0.3, -0.25) is 9.69 Å². The Morgan fingerprint density at radius 3 is 2.85 bits per heavy atom. The van der Waals surface area contributed by atoms with E-state index in [1.54, 1.807) is 0 Å². The molecule has 0 radical (unpaired) electrons. The second kappa shape index (κ2) is 5.54. The van der Waals surface area contributed by atoms with Crippen molar-refractivity contribution < 1.29 is 9.90 Å². The van der Waals surface area contributed by atoms with Crippen molar-refractivity contribution in [2.75, 3.05) is 26.2 Å². The molecule has 1 amide bonds. The Bertz CT molecular complexity index is 477. The van der Waals surface area contributed by atoms with Crippen molar-refractivity contribution in [3.05, 3.63) is 35.9 Å². The van der Waals surface area contributed by atoms with E-state index < -0.39 is 0 Å². The van der Waals surface area contributed by atoms with Crippen LogP contribution in [0.4, 0.5) is 0 Å². The van der Waals surface area contributed by atoms with E-state index in [1.807, 2.05) is 6.07 Å². The fraction of sp³-hybridized carbons (Fsp3) is 0.562. The molecular weight excluding hydrogens is 252 g/mol. The van der Waals surface area contributed by atoms with E-state index in [-0.39, 0.29) is 18.1 Å². The van der Waals surface area contributed by atoms with Gasteiger partial charge in [-0.1, -0.05) is 30.3 Å². The first-order chi connectivity index (χ1) is 9.73. The number of amides is 1. The number of nitrogens with zero attached hydrogens (tertiary/aromatic N) is 1.